The number of hydrogen-bond acceptors (Lipinski definition) is 4. The van der Waals surface area contributed by atoms with Crippen molar-refractivity contribution in [1.82, 2.24) is 9.88 Å². The highest BCUT2D eigenvalue weighted by atomic mass is 16.5. The predicted molar refractivity (Wildman–Crippen MR) is 86.3 cm³/mol. The van der Waals surface area contributed by atoms with E-state index in [1.54, 1.807) is 13.3 Å². The van der Waals surface area contributed by atoms with E-state index in [0.717, 1.165) is 29.3 Å². The molecule has 120 valence electrons. The molecule has 1 aliphatic heterocycles. The number of morpholine rings is 1. The molecule has 3 atom stereocenters. The van der Waals surface area contributed by atoms with E-state index in [4.69, 9.17) is 9.47 Å². The molecular weight excluding hydrogens is 292 g/mol. The number of nitrogens with zero attached hydrogens (tertiary/aromatic N) is 2. The summed E-state index contributed by atoms with van der Waals surface area (Å²) in [6.07, 6.45) is 3.65. The van der Waals surface area contributed by atoms with Crippen molar-refractivity contribution in [2.24, 2.45) is 0 Å². The lowest BCUT2D eigenvalue weighted by Crippen LogP contribution is -2.53. The highest BCUT2D eigenvalue weighted by Crippen LogP contribution is 2.33. The van der Waals surface area contributed by atoms with Crippen LogP contribution in [-0.2, 0) is 9.47 Å². The van der Waals surface area contributed by atoms with Gasteiger partial charge < -0.3 is 14.4 Å². The molecule has 23 heavy (non-hydrogen) atoms. The zero-order valence-electron chi connectivity index (χ0n) is 13.1. The van der Waals surface area contributed by atoms with Gasteiger partial charge in [-0.3, -0.25) is 9.78 Å². The van der Waals surface area contributed by atoms with Gasteiger partial charge in [0, 0.05) is 25.2 Å². The monoisotopic (exact) mass is 312 g/mol. The fourth-order valence-corrected chi connectivity index (χ4v) is 3.86. The van der Waals surface area contributed by atoms with Crippen molar-refractivity contribution >= 4 is 16.8 Å². The SMILES string of the molecule is CO[C@H]1CC[C@H]2[C@H]1OCCN2C(=O)c1ccnc2ccccc12. The molecule has 2 heterocycles. The van der Waals surface area contributed by atoms with Gasteiger partial charge in [0.15, 0.2) is 0 Å². The lowest BCUT2D eigenvalue weighted by molar-refractivity contribution is -0.0946. The summed E-state index contributed by atoms with van der Waals surface area (Å²) in [6, 6.07) is 9.70. The molecule has 1 saturated carbocycles. The molecule has 5 nitrogen and oxygen atoms in total. The molecule has 0 bridgehead atoms. The molecule has 1 saturated heterocycles. The number of aromatic nitrogens is 1. The summed E-state index contributed by atoms with van der Waals surface area (Å²) in [5.41, 5.74) is 1.57. The number of rotatable bonds is 2. The van der Waals surface area contributed by atoms with Gasteiger partial charge in [-0.2, -0.15) is 0 Å². The number of para-hydroxylation sites is 1. The number of benzene rings is 1. The van der Waals surface area contributed by atoms with Gasteiger partial charge in [-0.15, -0.1) is 0 Å². The molecule has 2 aliphatic rings. The minimum absolute atomic E-state index is 0.00852. The summed E-state index contributed by atoms with van der Waals surface area (Å²) in [7, 11) is 1.72. The molecule has 2 fully saturated rings. The van der Waals surface area contributed by atoms with Gasteiger partial charge in [0.1, 0.15) is 6.10 Å². The third-order valence-electron chi connectivity index (χ3n) is 4.98. The van der Waals surface area contributed by atoms with Crippen LogP contribution in [0.4, 0.5) is 0 Å². The van der Waals surface area contributed by atoms with Crippen LogP contribution in [0, 0.1) is 0 Å². The van der Waals surface area contributed by atoms with Crippen molar-refractivity contribution in [2.45, 2.75) is 31.1 Å². The Labute approximate surface area is 135 Å². The molecular formula is C18H20N2O3. The fourth-order valence-electron chi connectivity index (χ4n) is 3.86. The number of carbonyl (C=O) groups is 1. The van der Waals surface area contributed by atoms with Gasteiger partial charge in [-0.05, 0) is 25.0 Å². The summed E-state index contributed by atoms with van der Waals surface area (Å²) in [4.78, 5) is 19.5. The van der Waals surface area contributed by atoms with E-state index in [0.29, 0.717) is 13.2 Å². The molecule has 1 aliphatic carbocycles. The van der Waals surface area contributed by atoms with Gasteiger partial charge in [-0.25, -0.2) is 0 Å². The van der Waals surface area contributed by atoms with Crippen LogP contribution in [0.15, 0.2) is 36.5 Å². The second-order valence-electron chi connectivity index (χ2n) is 6.13. The molecule has 1 aromatic carbocycles. The first-order valence-corrected chi connectivity index (χ1v) is 8.08. The summed E-state index contributed by atoms with van der Waals surface area (Å²) >= 11 is 0. The normalized spacial score (nSPS) is 27.2. The average molecular weight is 312 g/mol. The Balaban J connectivity index is 1.68. The van der Waals surface area contributed by atoms with Gasteiger partial charge in [0.05, 0.1) is 29.8 Å². The van der Waals surface area contributed by atoms with E-state index in [1.807, 2.05) is 35.2 Å². The number of carbonyl (C=O) groups excluding carboxylic acids is 1. The maximum Gasteiger partial charge on any atom is 0.255 e. The number of pyridine rings is 1. The highest BCUT2D eigenvalue weighted by molar-refractivity contribution is 6.06. The molecule has 2 aromatic rings. The Morgan fingerprint density at radius 3 is 3.04 bits per heavy atom. The number of ether oxygens (including phenoxy) is 2. The van der Waals surface area contributed by atoms with E-state index in [-0.39, 0.29) is 24.2 Å². The Bertz CT molecular complexity index is 728. The van der Waals surface area contributed by atoms with Crippen molar-refractivity contribution in [3.05, 3.63) is 42.1 Å². The van der Waals surface area contributed by atoms with E-state index in [2.05, 4.69) is 4.98 Å². The molecule has 0 unspecified atom stereocenters. The lowest BCUT2D eigenvalue weighted by Gasteiger charge is -2.39. The van der Waals surface area contributed by atoms with Crippen molar-refractivity contribution in [3.63, 3.8) is 0 Å². The molecule has 4 rings (SSSR count). The van der Waals surface area contributed by atoms with Crippen LogP contribution in [0.3, 0.4) is 0 Å². The first-order valence-electron chi connectivity index (χ1n) is 8.08. The fraction of sp³-hybridized carbons (Fsp3) is 0.444. The van der Waals surface area contributed by atoms with Gasteiger partial charge in [0.2, 0.25) is 0 Å². The standard InChI is InChI=1S/C18H20N2O3/c1-22-16-7-6-15-17(16)23-11-10-20(15)18(21)13-8-9-19-14-5-3-2-4-12(13)14/h2-5,8-9,15-17H,6-7,10-11H2,1H3/t15-,16-,17+/m0/s1. The summed E-state index contributed by atoms with van der Waals surface area (Å²) in [5.74, 6) is 0.0682. The summed E-state index contributed by atoms with van der Waals surface area (Å²) in [6.45, 7) is 1.20. The van der Waals surface area contributed by atoms with Crippen LogP contribution < -0.4 is 0 Å². The highest BCUT2D eigenvalue weighted by Gasteiger charge is 2.44. The molecule has 0 N–H and O–H groups in total. The van der Waals surface area contributed by atoms with Crippen LogP contribution in [0.2, 0.25) is 0 Å². The molecule has 1 aromatic heterocycles. The zero-order valence-corrected chi connectivity index (χ0v) is 13.1. The molecule has 0 spiro atoms. The first-order chi connectivity index (χ1) is 11.3. The number of fused-ring (bicyclic) bond motifs is 2. The molecule has 5 heteroatoms. The second-order valence-corrected chi connectivity index (χ2v) is 6.13. The van der Waals surface area contributed by atoms with Crippen molar-refractivity contribution in [1.29, 1.82) is 0 Å². The number of hydrogen-bond donors (Lipinski definition) is 0. The quantitative estimate of drug-likeness (QED) is 0.853. The van der Waals surface area contributed by atoms with Crippen LogP contribution in [0.5, 0.6) is 0 Å². The number of methoxy groups -OCH3 is 1. The van der Waals surface area contributed by atoms with Crippen molar-refractivity contribution in [2.75, 3.05) is 20.3 Å². The maximum absolute atomic E-state index is 13.2. The molecule has 1 amide bonds. The van der Waals surface area contributed by atoms with Crippen LogP contribution in [-0.4, -0.2) is 54.3 Å². The molecule has 0 radical (unpaired) electrons. The topological polar surface area (TPSA) is 51.7 Å². The number of amides is 1. The van der Waals surface area contributed by atoms with Crippen molar-refractivity contribution in [3.8, 4) is 0 Å². The third-order valence-corrected chi connectivity index (χ3v) is 4.98. The Morgan fingerprint density at radius 2 is 2.17 bits per heavy atom. The second kappa shape index (κ2) is 5.91. The van der Waals surface area contributed by atoms with Gasteiger partial charge >= 0.3 is 0 Å². The largest absolute Gasteiger partial charge is 0.379 e. The average Bonchev–Trinajstić information content (AvgIpc) is 3.04. The zero-order chi connectivity index (χ0) is 15.8. The first kappa shape index (κ1) is 14.6. The van der Waals surface area contributed by atoms with Crippen LogP contribution >= 0.6 is 0 Å². The van der Waals surface area contributed by atoms with E-state index >= 15 is 0 Å². The van der Waals surface area contributed by atoms with Crippen molar-refractivity contribution < 1.29 is 14.3 Å². The maximum atomic E-state index is 13.2. The lowest BCUT2D eigenvalue weighted by atomic mass is 10.0. The van der Waals surface area contributed by atoms with Crippen LogP contribution in [0.25, 0.3) is 10.9 Å². The Kier molecular flexibility index (Phi) is 3.75. The van der Waals surface area contributed by atoms with E-state index < -0.39 is 0 Å². The minimum atomic E-state index is -0.00852. The minimum Gasteiger partial charge on any atom is -0.379 e. The van der Waals surface area contributed by atoms with E-state index in [1.165, 1.54) is 0 Å². The van der Waals surface area contributed by atoms with Gasteiger partial charge in [-0.1, -0.05) is 18.2 Å². The Hall–Kier alpha value is -1.98. The van der Waals surface area contributed by atoms with Crippen LogP contribution in [0.1, 0.15) is 23.2 Å². The summed E-state index contributed by atoms with van der Waals surface area (Å²) in [5, 5.41) is 0.907. The van der Waals surface area contributed by atoms with Gasteiger partial charge in [0.25, 0.3) is 5.91 Å². The predicted octanol–water partition coefficient (Wildman–Crippen LogP) is 2.25. The smallest absolute Gasteiger partial charge is 0.255 e. The van der Waals surface area contributed by atoms with E-state index in [9.17, 15) is 4.79 Å². The Morgan fingerprint density at radius 1 is 1.30 bits per heavy atom. The summed E-state index contributed by atoms with van der Waals surface area (Å²) < 4.78 is 11.4. The third kappa shape index (κ3) is 2.40.